The Bertz CT molecular complexity index is 472. The van der Waals surface area contributed by atoms with Crippen molar-refractivity contribution in [2.24, 2.45) is 0 Å². The van der Waals surface area contributed by atoms with E-state index in [2.05, 4.69) is 22.8 Å². The standard InChI is InChI=1S/C19H31N3O/c1-2-9-18(8-1)23-15-14-20-12-4-3-7-17-11-10-16-6-5-13-21-19(16)22-17/h10-11,18,20H,1-9,12-15H2,(H,21,22). The first-order valence-corrected chi connectivity index (χ1v) is 9.47. The van der Waals surface area contributed by atoms with Gasteiger partial charge in [-0.05, 0) is 63.1 Å². The molecule has 0 amide bonds. The van der Waals surface area contributed by atoms with E-state index in [1.54, 1.807) is 0 Å². The average Bonchev–Trinajstić information content (AvgIpc) is 3.10. The Labute approximate surface area is 140 Å². The summed E-state index contributed by atoms with van der Waals surface area (Å²) in [4.78, 5) is 4.75. The summed E-state index contributed by atoms with van der Waals surface area (Å²) in [6.07, 6.45) is 11.7. The number of hydrogen-bond acceptors (Lipinski definition) is 4. The van der Waals surface area contributed by atoms with E-state index in [0.717, 1.165) is 38.5 Å². The number of aryl methyl sites for hydroxylation is 2. The van der Waals surface area contributed by atoms with Gasteiger partial charge in [0.1, 0.15) is 5.82 Å². The molecule has 0 atom stereocenters. The highest BCUT2D eigenvalue weighted by molar-refractivity contribution is 5.46. The molecule has 23 heavy (non-hydrogen) atoms. The molecule has 0 aromatic carbocycles. The van der Waals surface area contributed by atoms with Crippen LogP contribution in [0.5, 0.6) is 0 Å². The second-order valence-electron chi connectivity index (χ2n) is 6.83. The summed E-state index contributed by atoms with van der Waals surface area (Å²) in [5.74, 6) is 1.12. The highest BCUT2D eigenvalue weighted by atomic mass is 16.5. The van der Waals surface area contributed by atoms with Crippen LogP contribution in [-0.2, 0) is 17.6 Å². The summed E-state index contributed by atoms with van der Waals surface area (Å²) < 4.78 is 5.85. The topological polar surface area (TPSA) is 46.2 Å². The molecule has 2 N–H and O–H groups in total. The fourth-order valence-corrected chi connectivity index (χ4v) is 3.54. The third-order valence-corrected chi connectivity index (χ3v) is 4.92. The van der Waals surface area contributed by atoms with E-state index in [4.69, 9.17) is 9.72 Å². The van der Waals surface area contributed by atoms with Crippen molar-refractivity contribution in [1.29, 1.82) is 0 Å². The Morgan fingerprint density at radius 2 is 2.04 bits per heavy atom. The van der Waals surface area contributed by atoms with Crippen molar-refractivity contribution < 1.29 is 4.74 Å². The Hall–Kier alpha value is -1.13. The number of nitrogens with one attached hydrogen (secondary N) is 2. The Morgan fingerprint density at radius 3 is 2.96 bits per heavy atom. The lowest BCUT2D eigenvalue weighted by Crippen LogP contribution is -2.23. The van der Waals surface area contributed by atoms with Crippen molar-refractivity contribution in [3.8, 4) is 0 Å². The number of aromatic nitrogens is 1. The Kier molecular flexibility index (Phi) is 6.71. The molecule has 0 saturated heterocycles. The zero-order valence-electron chi connectivity index (χ0n) is 14.3. The van der Waals surface area contributed by atoms with E-state index in [-0.39, 0.29) is 0 Å². The molecule has 4 heteroatoms. The van der Waals surface area contributed by atoms with E-state index in [9.17, 15) is 0 Å². The van der Waals surface area contributed by atoms with Crippen LogP contribution in [0.1, 0.15) is 56.2 Å². The maximum Gasteiger partial charge on any atom is 0.129 e. The number of unbranched alkanes of at least 4 members (excludes halogenated alkanes) is 1. The highest BCUT2D eigenvalue weighted by Crippen LogP contribution is 2.21. The summed E-state index contributed by atoms with van der Waals surface area (Å²) in [7, 11) is 0. The molecule has 1 saturated carbocycles. The zero-order valence-corrected chi connectivity index (χ0v) is 14.3. The molecule has 2 heterocycles. The van der Waals surface area contributed by atoms with Gasteiger partial charge in [-0.25, -0.2) is 4.98 Å². The first-order valence-electron chi connectivity index (χ1n) is 9.47. The molecule has 1 aromatic rings. The highest BCUT2D eigenvalue weighted by Gasteiger charge is 2.14. The van der Waals surface area contributed by atoms with Crippen molar-refractivity contribution in [3.63, 3.8) is 0 Å². The molecule has 2 aliphatic rings. The molecular weight excluding hydrogens is 286 g/mol. The SMILES string of the molecule is c1cc2c(nc1CCCCNCCOC1CCCC1)NCCC2. The van der Waals surface area contributed by atoms with Gasteiger partial charge in [-0.1, -0.05) is 18.9 Å². The average molecular weight is 317 g/mol. The summed E-state index contributed by atoms with van der Waals surface area (Å²) in [5, 5.41) is 6.90. The number of hydrogen-bond donors (Lipinski definition) is 2. The first-order chi connectivity index (χ1) is 11.4. The predicted molar refractivity (Wildman–Crippen MR) is 95.1 cm³/mol. The lowest BCUT2D eigenvalue weighted by atomic mass is 10.1. The quantitative estimate of drug-likeness (QED) is 0.686. The second-order valence-corrected chi connectivity index (χ2v) is 6.83. The molecule has 0 unspecified atom stereocenters. The smallest absolute Gasteiger partial charge is 0.129 e. The van der Waals surface area contributed by atoms with Crippen molar-refractivity contribution in [2.75, 3.05) is 31.6 Å². The molecule has 1 aliphatic heterocycles. The minimum atomic E-state index is 0.542. The second kappa shape index (κ2) is 9.24. The fourth-order valence-electron chi connectivity index (χ4n) is 3.54. The number of nitrogens with zero attached hydrogens (tertiary/aromatic N) is 1. The summed E-state index contributed by atoms with van der Waals surface area (Å²) in [6.45, 7) is 3.99. The zero-order chi connectivity index (χ0) is 15.7. The van der Waals surface area contributed by atoms with Crippen LogP contribution in [0.2, 0.25) is 0 Å². The third kappa shape index (κ3) is 5.47. The van der Waals surface area contributed by atoms with Gasteiger partial charge in [-0.3, -0.25) is 0 Å². The predicted octanol–water partition coefficient (Wildman–Crippen LogP) is 3.31. The van der Waals surface area contributed by atoms with E-state index in [1.807, 2.05) is 0 Å². The van der Waals surface area contributed by atoms with Gasteiger partial charge in [0.2, 0.25) is 0 Å². The number of pyridine rings is 1. The van der Waals surface area contributed by atoms with Crippen LogP contribution >= 0.6 is 0 Å². The molecule has 0 spiro atoms. The van der Waals surface area contributed by atoms with Crippen molar-refractivity contribution in [3.05, 3.63) is 23.4 Å². The van der Waals surface area contributed by atoms with Crippen LogP contribution in [0.4, 0.5) is 5.82 Å². The van der Waals surface area contributed by atoms with Gasteiger partial charge in [0, 0.05) is 18.8 Å². The largest absolute Gasteiger partial charge is 0.377 e. The monoisotopic (exact) mass is 317 g/mol. The normalized spacial score (nSPS) is 17.9. The number of fused-ring (bicyclic) bond motifs is 1. The number of rotatable bonds is 9. The van der Waals surface area contributed by atoms with Crippen molar-refractivity contribution in [1.82, 2.24) is 10.3 Å². The Morgan fingerprint density at radius 1 is 1.13 bits per heavy atom. The molecule has 1 aromatic heterocycles. The molecule has 0 bridgehead atoms. The van der Waals surface area contributed by atoms with Gasteiger partial charge >= 0.3 is 0 Å². The van der Waals surface area contributed by atoms with Crippen LogP contribution in [0.3, 0.4) is 0 Å². The number of anilines is 1. The van der Waals surface area contributed by atoms with Crippen LogP contribution in [0.25, 0.3) is 0 Å². The summed E-state index contributed by atoms with van der Waals surface area (Å²) >= 11 is 0. The fraction of sp³-hybridized carbons (Fsp3) is 0.737. The lowest BCUT2D eigenvalue weighted by molar-refractivity contribution is 0.0604. The lowest BCUT2D eigenvalue weighted by Gasteiger charge is -2.17. The molecule has 1 fully saturated rings. The summed E-state index contributed by atoms with van der Waals surface area (Å²) in [6, 6.07) is 4.46. The van der Waals surface area contributed by atoms with Crippen LogP contribution < -0.4 is 10.6 Å². The van der Waals surface area contributed by atoms with Gasteiger partial charge in [0.25, 0.3) is 0 Å². The Balaban J connectivity index is 1.22. The molecular formula is C19H31N3O. The van der Waals surface area contributed by atoms with Crippen LogP contribution in [-0.4, -0.2) is 37.3 Å². The van der Waals surface area contributed by atoms with Gasteiger partial charge in [-0.15, -0.1) is 0 Å². The van der Waals surface area contributed by atoms with Crippen LogP contribution in [0.15, 0.2) is 12.1 Å². The first kappa shape index (κ1) is 16.7. The van der Waals surface area contributed by atoms with E-state index in [1.165, 1.54) is 62.6 Å². The molecule has 0 radical (unpaired) electrons. The molecule has 4 nitrogen and oxygen atoms in total. The maximum atomic E-state index is 5.85. The molecule has 128 valence electrons. The van der Waals surface area contributed by atoms with Gasteiger partial charge in [0.05, 0.1) is 12.7 Å². The summed E-state index contributed by atoms with van der Waals surface area (Å²) in [5.41, 5.74) is 2.60. The van der Waals surface area contributed by atoms with E-state index < -0.39 is 0 Å². The van der Waals surface area contributed by atoms with Crippen molar-refractivity contribution >= 4 is 5.82 Å². The van der Waals surface area contributed by atoms with Gasteiger partial charge in [0.15, 0.2) is 0 Å². The molecule has 3 rings (SSSR count). The minimum absolute atomic E-state index is 0.542. The van der Waals surface area contributed by atoms with Gasteiger partial charge in [-0.2, -0.15) is 0 Å². The van der Waals surface area contributed by atoms with Crippen molar-refractivity contribution in [2.45, 2.75) is 63.9 Å². The third-order valence-electron chi connectivity index (χ3n) is 4.92. The van der Waals surface area contributed by atoms with E-state index >= 15 is 0 Å². The number of ether oxygens (including phenoxy) is 1. The maximum absolute atomic E-state index is 5.85. The van der Waals surface area contributed by atoms with Gasteiger partial charge < -0.3 is 15.4 Å². The molecule has 1 aliphatic carbocycles. The van der Waals surface area contributed by atoms with Crippen LogP contribution in [0, 0.1) is 0 Å². The van der Waals surface area contributed by atoms with E-state index in [0.29, 0.717) is 6.10 Å². The minimum Gasteiger partial charge on any atom is -0.377 e.